The summed E-state index contributed by atoms with van der Waals surface area (Å²) in [5.74, 6) is 1.62. The van der Waals surface area contributed by atoms with Gasteiger partial charge in [0.1, 0.15) is 11.3 Å². The van der Waals surface area contributed by atoms with Crippen molar-refractivity contribution in [1.29, 1.82) is 0 Å². The molecule has 6 heteroatoms. The van der Waals surface area contributed by atoms with Crippen molar-refractivity contribution in [2.75, 3.05) is 0 Å². The Morgan fingerprint density at radius 3 is 3.25 bits per heavy atom. The lowest BCUT2D eigenvalue weighted by atomic mass is 10.5. The van der Waals surface area contributed by atoms with Crippen molar-refractivity contribution in [2.24, 2.45) is 0 Å². The summed E-state index contributed by atoms with van der Waals surface area (Å²) in [6, 6.07) is 1.84. The fourth-order valence-electron chi connectivity index (χ4n) is 0.675. The van der Waals surface area contributed by atoms with Gasteiger partial charge in [0, 0.05) is 6.07 Å². The first-order chi connectivity index (χ1) is 5.95. The Morgan fingerprint density at radius 1 is 1.58 bits per heavy atom. The van der Waals surface area contributed by atoms with E-state index < -0.39 is 0 Å². The normalized spacial score (nSPS) is 10.3. The lowest BCUT2D eigenvalue weighted by molar-refractivity contribution is 0.395. The van der Waals surface area contributed by atoms with Crippen LogP contribution in [0.1, 0.15) is 5.76 Å². The van der Waals surface area contributed by atoms with Gasteiger partial charge >= 0.3 is 0 Å². The summed E-state index contributed by atoms with van der Waals surface area (Å²) in [5.41, 5.74) is 1.71. The summed E-state index contributed by atoms with van der Waals surface area (Å²) in [7, 11) is 0. The minimum absolute atomic E-state index is 0.759. The molecule has 4 nitrogen and oxygen atoms in total. The Balaban J connectivity index is 1.91. The van der Waals surface area contributed by atoms with Gasteiger partial charge in [-0.1, -0.05) is 28.3 Å². The van der Waals surface area contributed by atoms with E-state index in [0.29, 0.717) is 0 Å². The quantitative estimate of drug-likeness (QED) is 0.706. The van der Waals surface area contributed by atoms with Gasteiger partial charge in [-0.15, -0.1) is 10.2 Å². The molecular weight excluding hydrogens is 194 g/mol. The van der Waals surface area contributed by atoms with E-state index in [2.05, 4.69) is 15.4 Å². The Morgan fingerprint density at radius 2 is 2.58 bits per heavy atom. The van der Waals surface area contributed by atoms with Crippen molar-refractivity contribution in [3.8, 4) is 0 Å². The highest BCUT2D eigenvalue weighted by Crippen LogP contribution is 2.22. The van der Waals surface area contributed by atoms with Crippen molar-refractivity contribution < 1.29 is 4.52 Å². The molecule has 0 saturated heterocycles. The fourth-order valence-corrected chi connectivity index (χ4v) is 2.05. The second-order valence-corrected chi connectivity index (χ2v) is 4.03. The molecule has 2 aromatic heterocycles. The minimum atomic E-state index is 0.759. The van der Waals surface area contributed by atoms with Crippen LogP contribution in [-0.4, -0.2) is 15.4 Å². The third-order valence-electron chi connectivity index (χ3n) is 1.17. The third kappa shape index (κ3) is 1.83. The number of aromatic nitrogens is 3. The second-order valence-electron chi connectivity index (χ2n) is 1.97. The molecule has 2 rings (SSSR count). The minimum Gasteiger partial charge on any atom is -0.361 e. The number of thioether (sulfide) groups is 1. The molecule has 0 amide bonds. The van der Waals surface area contributed by atoms with Gasteiger partial charge in [0.25, 0.3) is 0 Å². The predicted octanol–water partition coefficient (Wildman–Crippen LogP) is 1.82. The first-order valence-corrected chi connectivity index (χ1v) is 5.10. The molecule has 62 valence electrons. The molecule has 2 aromatic rings. The number of hydrogen-bond acceptors (Lipinski definition) is 6. The standard InChI is InChI=1S/C6H5N3OS2/c1-2-8-10-5(1)3-11-6-9-7-4-12-6/h1-2,4H,3H2. The molecular formula is C6H5N3OS2. The average molecular weight is 199 g/mol. The topological polar surface area (TPSA) is 51.8 Å². The van der Waals surface area contributed by atoms with Gasteiger partial charge < -0.3 is 4.52 Å². The van der Waals surface area contributed by atoms with Crippen LogP contribution in [0.25, 0.3) is 0 Å². The lowest BCUT2D eigenvalue weighted by Crippen LogP contribution is -1.75. The Hall–Kier alpha value is -0.880. The molecule has 0 bridgehead atoms. The van der Waals surface area contributed by atoms with Crippen LogP contribution in [0.2, 0.25) is 0 Å². The van der Waals surface area contributed by atoms with Crippen LogP contribution in [0.5, 0.6) is 0 Å². The number of rotatable bonds is 3. The maximum absolute atomic E-state index is 4.92. The monoisotopic (exact) mass is 199 g/mol. The highest BCUT2D eigenvalue weighted by Gasteiger charge is 2.01. The highest BCUT2D eigenvalue weighted by atomic mass is 32.2. The largest absolute Gasteiger partial charge is 0.361 e. The van der Waals surface area contributed by atoms with Crippen LogP contribution in [-0.2, 0) is 5.75 Å². The molecule has 0 atom stereocenters. The SMILES string of the molecule is c1cc(CSc2nncs2)on1. The molecule has 0 N–H and O–H groups in total. The highest BCUT2D eigenvalue weighted by molar-refractivity contribution is 8.00. The van der Waals surface area contributed by atoms with E-state index in [4.69, 9.17) is 4.52 Å². The van der Waals surface area contributed by atoms with Gasteiger partial charge in [0.15, 0.2) is 4.34 Å². The van der Waals surface area contributed by atoms with E-state index in [1.54, 1.807) is 23.5 Å². The second kappa shape index (κ2) is 3.68. The smallest absolute Gasteiger partial charge is 0.174 e. The van der Waals surface area contributed by atoms with E-state index in [9.17, 15) is 0 Å². The predicted molar refractivity (Wildman–Crippen MR) is 46.0 cm³/mol. The Bertz CT molecular complexity index is 284. The molecule has 0 aliphatic heterocycles. The summed E-state index contributed by atoms with van der Waals surface area (Å²) in [4.78, 5) is 0. The van der Waals surface area contributed by atoms with Gasteiger partial charge in [0.05, 0.1) is 11.9 Å². The molecule has 0 aliphatic rings. The Kier molecular flexibility index (Phi) is 2.38. The van der Waals surface area contributed by atoms with Crippen molar-refractivity contribution >= 4 is 23.1 Å². The van der Waals surface area contributed by atoms with Gasteiger partial charge in [-0.25, -0.2) is 0 Å². The van der Waals surface area contributed by atoms with Crippen molar-refractivity contribution in [3.05, 3.63) is 23.5 Å². The maximum atomic E-state index is 4.92. The van der Waals surface area contributed by atoms with E-state index in [1.807, 2.05) is 6.07 Å². The molecule has 0 unspecified atom stereocenters. The van der Waals surface area contributed by atoms with Crippen molar-refractivity contribution in [3.63, 3.8) is 0 Å². The number of hydrogen-bond donors (Lipinski definition) is 0. The van der Waals surface area contributed by atoms with Crippen molar-refractivity contribution in [2.45, 2.75) is 10.1 Å². The van der Waals surface area contributed by atoms with Crippen LogP contribution in [0.4, 0.5) is 0 Å². The van der Waals surface area contributed by atoms with Gasteiger partial charge in [-0.05, 0) is 0 Å². The van der Waals surface area contributed by atoms with Gasteiger partial charge in [-0.2, -0.15) is 0 Å². The summed E-state index contributed by atoms with van der Waals surface area (Å²) in [5, 5.41) is 11.2. The molecule has 2 heterocycles. The van der Waals surface area contributed by atoms with E-state index in [0.717, 1.165) is 15.9 Å². The zero-order valence-corrected chi connectivity index (χ0v) is 7.64. The summed E-state index contributed by atoms with van der Waals surface area (Å²) in [6.45, 7) is 0. The zero-order valence-electron chi connectivity index (χ0n) is 6.01. The maximum Gasteiger partial charge on any atom is 0.174 e. The molecule has 0 aromatic carbocycles. The number of nitrogens with zero attached hydrogens (tertiary/aromatic N) is 3. The molecule has 0 radical (unpaired) electrons. The zero-order chi connectivity index (χ0) is 8.23. The summed E-state index contributed by atoms with van der Waals surface area (Å²) < 4.78 is 5.87. The summed E-state index contributed by atoms with van der Waals surface area (Å²) in [6.07, 6.45) is 1.63. The van der Waals surface area contributed by atoms with Crippen LogP contribution >= 0.6 is 23.1 Å². The molecule has 12 heavy (non-hydrogen) atoms. The molecule has 0 fully saturated rings. The van der Waals surface area contributed by atoms with E-state index in [-0.39, 0.29) is 0 Å². The first kappa shape index (κ1) is 7.75. The third-order valence-corrected chi connectivity index (χ3v) is 3.05. The van der Waals surface area contributed by atoms with Crippen molar-refractivity contribution in [1.82, 2.24) is 15.4 Å². The van der Waals surface area contributed by atoms with Crippen LogP contribution in [0.3, 0.4) is 0 Å². The fraction of sp³-hybridized carbons (Fsp3) is 0.167. The Labute approximate surface area is 77.0 Å². The molecule has 0 saturated carbocycles. The van der Waals surface area contributed by atoms with Gasteiger partial charge in [-0.3, -0.25) is 0 Å². The van der Waals surface area contributed by atoms with Crippen LogP contribution in [0, 0.1) is 0 Å². The molecule has 0 aliphatic carbocycles. The van der Waals surface area contributed by atoms with Gasteiger partial charge in [0.2, 0.25) is 0 Å². The van der Waals surface area contributed by atoms with E-state index >= 15 is 0 Å². The lowest BCUT2D eigenvalue weighted by Gasteiger charge is -1.89. The average Bonchev–Trinajstić information content (AvgIpc) is 2.74. The van der Waals surface area contributed by atoms with Crippen LogP contribution < -0.4 is 0 Å². The van der Waals surface area contributed by atoms with Crippen LogP contribution in [0.15, 0.2) is 26.6 Å². The van der Waals surface area contributed by atoms with E-state index in [1.165, 1.54) is 11.3 Å². The molecule has 0 spiro atoms. The first-order valence-electron chi connectivity index (χ1n) is 3.23. The summed E-state index contributed by atoms with van der Waals surface area (Å²) >= 11 is 3.12.